The van der Waals surface area contributed by atoms with Crippen LogP contribution in [0.1, 0.15) is 49.9 Å². The van der Waals surface area contributed by atoms with Gasteiger partial charge in [0, 0.05) is 5.69 Å². The van der Waals surface area contributed by atoms with Gasteiger partial charge in [0.2, 0.25) is 0 Å². The Morgan fingerprint density at radius 1 is 1.56 bits per heavy atom. The van der Waals surface area contributed by atoms with Crippen LogP contribution < -0.4 is 0 Å². The van der Waals surface area contributed by atoms with Crippen molar-refractivity contribution >= 4 is 0 Å². The van der Waals surface area contributed by atoms with Crippen molar-refractivity contribution in [2.24, 2.45) is 5.92 Å². The fourth-order valence-corrected chi connectivity index (χ4v) is 2.66. The molecule has 0 amide bonds. The van der Waals surface area contributed by atoms with Crippen LogP contribution in [0.4, 0.5) is 0 Å². The summed E-state index contributed by atoms with van der Waals surface area (Å²) in [6.07, 6.45) is 8.07. The number of H-pyrrole nitrogens is 1. The minimum atomic E-state index is 0.123. The third kappa shape index (κ3) is 1.94. The van der Waals surface area contributed by atoms with Crippen molar-refractivity contribution in [1.29, 1.82) is 0 Å². The first-order valence-electron chi connectivity index (χ1n) is 6.69. The van der Waals surface area contributed by atoms with Crippen molar-refractivity contribution in [2.75, 3.05) is 0 Å². The fourth-order valence-electron chi connectivity index (χ4n) is 2.66. The van der Waals surface area contributed by atoms with Crippen molar-refractivity contribution < 1.29 is 0 Å². The molecule has 0 radical (unpaired) electrons. The van der Waals surface area contributed by atoms with Crippen LogP contribution in [0.15, 0.2) is 12.7 Å². The zero-order valence-corrected chi connectivity index (χ0v) is 10.9. The molecule has 96 valence electrons. The van der Waals surface area contributed by atoms with Crippen LogP contribution in [0.3, 0.4) is 0 Å². The number of imidazole rings is 1. The summed E-state index contributed by atoms with van der Waals surface area (Å²) >= 11 is 0. The lowest BCUT2D eigenvalue weighted by Gasteiger charge is -2.19. The summed E-state index contributed by atoms with van der Waals surface area (Å²) in [6, 6.07) is 0.123. The third-order valence-electron chi connectivity index (χ3n) is 3.97. The SMILES string of the molecule is CCC1CCc2nc(C(C)n3cncn3)[nH]c2C1. The molecular weight excluding hydrogens is 226 g/mol. The van der Waals surface area contributed by atoms with E-state index in [9.17, 15) is 0 Å². The molecule has 1 aliphatic carbocycles. The fraction of sp³-hybridized carbons (Fsp3) is 0.615. The molecule has 1 N–H and O–H groups in total. The number of hydrogen-bond acceptors (Lipinski definition) is 3. The Kier molecular flexibility index (Phi) is 2.89. The predicted octanol–water partition coefficient (Wildman–Crippen LogP) is 2.13. The Bertz CT molecular complexity index is 513. The Morgan fingerprint density at radius 2 is 2.44 bits per heavy atom. The maximum absolute atomic E-state index is 4.73. The highest BCUT2D eigenvalue weighted by atomic mass is 15.3. The first kappa shape index (κ1) is 11.4. The van der Waals surface area contributed by atoms with E-state index in [4.69, 9.17) is 4.98 Å². The summed E-state index contributed by atoms with van der Waals surface area (Å²) in [6.45, 7) is 4.36. The number of rotatable bonds is 3. The highest BCUT2D eigenvalue weighted by molar-refractivity contribution is 5.20. The van der Waals surface area contributed by atoms with Gasteiger partial charge in [-0.3, -0.25) is 0 Å². The molecule has 18 heavy (non-hydrogen) atoms. The van der Waals surface area contributed by atoms with Crippen LogP contribution in [0.2, 0.25) is 0 Å². The highest BCUT2D eigenvalue weighted by Gasteiger charge is 2.23. The largest absolute Gasteiger partial charge is 0.344 e. The summed E-state index contributed by atoms with van der Waals surface area (Å²) in [4.78, 5) is 12.2. The molecule has 0 saturated carbocycles. The van der Waals surface area contributed by atoms with Gasteiger partial charge in [0.1, 0.15) is 24.5 Å². The minimum absolute atomic E-state index is 0.123. The first-order chi connectivity index (χ1) is 8.78. The second-order valence-electron chi connectivity index (χ2n) is 5.12. The van der Waals surface area contributed by atoms with Gasteiger partial charge in [-0.05, 0) is 32.1 Å². The van der Waals surface area contributed by atoms with Crippen LogP contribution in [-0.2, 0) is 12.8 Å². The zero-order valence-electron chi connectivity index (χ0n) is 10.9. The Hall–Kier alpha value is -1.65. The molecule has 2 heterocycles. The van der Waals surface area contributed by atoms with E-state index in [1.165, 1.54) is 24.2 Å². The van der Waals surface area contributed by atoms with E-state index in [0.717, 1.165) is 24.6 Å². The smallest absolute Gasteiger partial charge is 0.137 e. The van der Waals surface area contributed by atoms with Crippen molar-refractivity contribution in [2.45, 2.75) is 45.6 Å². The molecule has 2 atom stereocenters. The summed E-state index contributed by atoms with van der Waals surface area (Å²) in [5.41, 5.74) is 2.58. The minimum Gasteiger partial charge on any atom is -0.344 e. The summed E-state index contributed by atoms with van der Waals surface area (Å²) in [5, 5.41) is 4.18. The molecule has 0 aromatic carbocycles. The van der Waals surface area contributed by atoms with Gasteiger partial charge in [0.15, 0.2) is 0 Å². The molecule has 2 aromatic heterocycles. The lowest BCUT2D eigenvalue weighted by atomic mass is 9.88. The van der Waals surface area contributed by atoms with E-state index in [-0.39, 0.29) is 6.04 Å². The molecular formula is C13H19N5. The average Bonchev–Trinajstić information content (AvgIpc) is 3.05. The van der Waals surface area contributed by atoms with E-state index >= 15 is 0 Å². The van der Waals surface area contributed by atoms with Crippen LogP contribution in [0, 0.1) is 5.92 Å². The van der Waals surface area contributed by atoms with Crippen LogP contribution in [-0.4, -0.2) is 24.7 Å². The standard InChI is InChI=1S/C13H19N5/c1-3-10-4-5-11-12(6-10)17-13(16-11)9(2)18-8-14-7-15-18/h7-10H,3-6H2,1-2H3,(H,16,17). The van der Waals surface area contributed by atoms with Gasteiger partial charge in [-0.25, -0.2) is 14.6 Å². The number of nitrogens with zero attached hydrogens (tertiary/aromatic N) is 4. The number of aryl methyl sites for hydroxylation is 1. The number of aromatic nitrogens is 5. The lowest BCUT2D eigenvalue weighted by molar-refractivity contribution is 0.438. The van der Waals surface area contributed by atoms with Gasteiger partial charge in [0.25, 0.3) is 0 Å². The number of nitrogens with one attached hydrogen (secondary N) is 1. The van der Waals surface area contributed by atoms with Crippen molar-refractivity contribution in [3.8, 4) is 0 Å². The summed E-state index contributed by atoms with van der Waals surface area (Å²) in [5.74, 6) is 1.81. The second-order valence-corrected chi connectivity index (χ2v) is 5.12. The molecule has 0 bridgehead atoms. The normalized spacial score (nSPS) is 20.7. The molecule has 0 fully saturated rings. The van der Waals surface area contributed by atoms with E-state index in [1.807, 2.05) is 4.68 Å². The molecule has 2 unspecified atom stereocenters. The summed E-state index contributed by atoms with van der Waals surface area (Å²) in [7, 11) is 0. The van der Waals surface area contributed by atoms with E-state index in [2.05, 4.69) is 28.9 Å². The lowest BCUT2D eigenvalue weighted by Crippen LogP contribution is -2.13. The Balaban J connectivity index is 1.85. The number of aromatic amines is 1. The van der Waals surface area contributed by atoms with Crippen LogP contribution >= 0.6 is 0 Å². The maximum atomic E-state index is 4.73. The molecule has 0 spiro atoms. The van der Waals surface area contributed by atoms with Gasteiger partial charge in [-0.15, -0.1) is 0 Å². The van der Waals surface area contributed by atoms with Crippen molar-refractivity contribution in [3.63, 3.8) is 0 Å². The highest BCUT2D eigenvalue weighted by Crippen LogP contribution is 2.27. The number of hydrogen-bond donors (Lipinski definition) is 1. The van der Waals surface area contributed by atoms with Gasteiger partial charge in [-0.1, -0.05) is 13.3 Å². The molecule has 5 nitrogen and oxygen atoms in total. The molecule has 1 aliphatic rings. The average molecular weight is 245 g/mol. The topological polar surface area (TPSA) is 59.4 Å². The monoisotopic (exact) mass is 245 g/mol. The van der Waals surface area contributed by atoms with E-state index in [1.54, 1.807) is 12.7 Å². The summed E-state index contributed by atoms with van der Waals surface area (Å²) < 4.78 is 1.83. The van der Waals surface area contributed by atoms with Crippen LogP contribution in [0.5, 0.6) is 0 Å². The maximum Gasteiger partial charge on any atom is 0.137 e. The first-order valence-corrected chi connectivity index (χ1v) is 6.69. The zero-order chi connectivity index (χ0) is 12.5. The van der Waals surface area contributed by atoms with Crippen molar-refractivity contribution in [1.82, 2.24) is 24.7 Å². The van der Waals surface area contributed by atoms with E-state index < -0.39 is 0 Å². The number of fused-ring (bicyclic) bond motifs is 1. The Morgan fingerprint density at radius 3 is 3.17 bits per heavy atom. The molecule has 2 aromatic rings. The molecule has 0 aliphatic heterocycles. The quantitative estimate of drug-likeness (QED) is 0.901. The van der Waals surface area contributed by atoms with Gasteiger partial charge in [0.05, 0.1) is 5.69 Å². The Labute approximate surface area is 107 Å². The van der Waals surface area contributed by atoms with Crippen LogP contribution in [0.25, 0.3) is 0 Å². The van der Waals surface area contributed by atoms with Gasteiger partial charge in [-0.2, -0.15) is 5.10 Å². The van der Waals surface area contributed by atoms with E-state index in [0.29, 0.717) is 0 Å². The molecule has 3 rings (SSSR count). The molecule has 0 saturated heterocycles. The third-order valence-corrected chi connectivity index (χ3v) is 3.97. The van der Waals surface area contributed by atoms with Gasteiger partial charge < -0.3 is 4.98 Å². The molecule has 5 heteroatoms. The second kappa shape index (κ2) is 4.55. The van der Waals surface area contributed by atoms with Gasteiger partial charge >= 0.3 is 0 Å². The van der Waals surface area contributed by atoms with Crippen molar-refractivity contribution in [3.05, 3.63) is 29.9 Å². The predicted molar refractivity (Wildman–Crippen MR) is 68.2 cm³/mol.